The molecule has 0 saturated heterocycles. The topological polar surface area (TPSA) is 71.4 Å². The number of allylic oxidation sites excluding steroid dienone is 1. The predicted octanol–water partition coefficient (Wildman–Crippen LogP) is -0.617. The number of carbonyl (C=O) groups excluding carboxylic acids is 1. The Morgan fingerprint density at radius 3 is 2.22 bits per heavy atom. The zero-order valence-corrected chi connectivity index (χ0v) is 5.18. The molecule has 1 rings (SSSR count). The van der Waals surface area contributed by atoms with Crippen LogP contribution in [0.3, 0.4) is 0 Å². The predicted molar refractivity (Wildman–Crippen MR) is 29.5 cm³/mol. The molecule has 0 spiro atoms. The number of hydrogen-bond acceptors (Lipinski definition) is 4. The fourth-order valence-corrected chi connectivity index (χ4v) is 1.60. The highest BCUT2D eigenvalue weighted by Crippen LogP contribution is 2.08. The summed E-state index contributed by atoms with van der Waals surface area (Å²) in [4.78, 5) is 10.3. The number of carbonyl (C=O) groups is 1. The second-order valence-corrected chi connectivity index (χ2v) is 3.58. The van der Waals surface area contributed by atoms with Gasteiger partial charge in [-0.1, -0.05) is 0 Å². The molecule has 0 aromatic rings. The van der Waals surface area contributed by atoms with Crippen molar-refractivity contribution in [3.8, 4) is 0 Å². The van der Waals surface area contributed by atoms with Gasteiger partial charge in [0.25, 0.3) is 0 Å². The van der Waals surface area contributed by atoms with E-state index in [4.69, 9.17) is 5.11 Å². The third-order valence-corrected chi connectivity index (χ3v) is 2.16. The molecule has 0 atom stereocenters. The molecule has 4 nitrogen and oxygen atoms in total. The molecule has 1 heterocycles. The maximum absolute atomic E-state index is 10.4. The van der Waals surface area contributed by atoms with Crippen molar-refractivity contribution >= 4 is 15.6 Å². The summed E-state index contributed by atoms with van der Waals surface area (Å²) in [5.41, 5.74) is 0. The van der Waals surface area contributed by atoms with Crippen LogP contribution in [0.4, 0.5) is 0 Å². The minimum atomic E-state index is -3.41. The molecule has 0 amide bonds. The highest BCUT2D eigenvalue weighted by molar-refractivity contribution is 7.95. The van der Waals surface area contributed by atoms with Crippen molar-refractivity contribution in [2.45, 2.75) is 0 Å². The van der Waals surface area contributed by atoms with E-state index in [1.165, 1.54) is 0 Å². The third kappa shape index (κ3) is 1.10. The normalized spacial score (nSPS) is 24.0. The zero-order valence-electron chi connectivity index (χ0n) is 4.36. The first kappa shape index (κ1) is 6.28. The fourth-order valence-electron chi connectivity index (χ4n) is 0.534. The average Bonchev–Trinajstić information content (AvgIpc) is 1.79. The molecule has 1 N–H and O–H groups in total. The van der Waals surface area contributed by atoms with Crippen molar-refractivity contribution in [3.63, 3.8) is 0 Å². The van der Waals surface area contributed by atoms with Crippen molar-refractivity contribution in [1.29, 1.82) is 0 Å². The third-order valence-electron chi connectivity index (χ3n) is 0.909. The van der Waals surface area contributed by atoms with E-state index in [2.05, 4.69) is 0 Å². The number of aliphatic hydroxyl groups is 1. The van der Waals surface area contributed by atoms with Crippen molar-refractivity contribution < 1.29 is 18.3 Å². The lowest BCUT2D eigenvalue weighted by atomic mass is 10.4. The summed E-state index contributed by atoms with van der Waals surface area (Å²) in [5.74, 6) is -1.97. The van der Waals surface area contributed by atoms with Gasteiger partial charge in [-0.2, -0.15) is 0 Å². The maximum atomic E-state index is 10.4. The molecule has 0 bridgehead atoms. The van der Waals surface area contributed by atoms with E-state index in [1.54, 1.807) is 0 Å². The van der Waals surface area contributed by atoms with Crippen LogP contribution in [0.5, 0.6) is 0 Å². The summed E-state index contributed by atoms with van der Waals surface area (Å²) in [6.45, 7) is 0. The SMILES string of the molecule is O=C1CS(=O)(=O)C=C1O. The number of hydrogen-bond donors (Lipinski definition) is 1. The molecular formula is C4H4O4S. The number of ketones is 1. The van der Waals surface area contributed by atoms with E-state index in [0.29, 0.717) is 5.41 Å². The van der Waals surface area contributed by atoms with E-state index < -0.39 is 27.1 Å². The standard InChI is InChI=1S/C4H4O4S/c5-3-1-9(7,8)2-4(3)6/h1,5H,2H2. The van der Waals surface area contributed by atoms with Crippen molar-refractivity contribution in [2.24, 2.45) is 0 Å². The molecular weight excluding hydrogens is 144 g/mol. The van der Waals surface area contributed by atoms with E-state index in [0.717, 1.165) is 0 Å². The van der Waals surface area contributed by atoms with E-state index in [9.17, 15) is 13.2 Å². The molecule has 50 valence electrons. The summed E-state index contributed by atoms with van der Waals surface area (Å²) in [5, 5.41) is 9.04. The number of rotatable bonds is 0. The van der Waals surface area contributed by atoms with Crippen LogP contribution in [-0.2, 0) is 14.6 Å². The van der Waals surface area contributed by atoms with Crippen LogP contribution in [0.1, 0.15) is 0 Å². The molecule has 5 heteroatoms. The maximum Gasteiger partial charge on any atom is 0.213 e. The first-order valence-electron chi connectivity index (χ1n) is 2.18. The monoisotopic (exact) mass is 148 g/mol. The lowest BCUT2D eigenvalue weighted by molar-refractivity contribution is -0.115. The number of aliphatic hydroxyl groups excluding tert-OH is 1. The molecule has 0 fully saturated rings. The van der Waals surface area contributed by atoms with Gasteiger partial charge in [0.15, 0.2) is 15.6 Å². The largest absolute Gasteiger partial charge is 0.504 e. The summed E-state index contributed by atoms with van der Waals surface area (Å²) < 4.78 is 20.8. The average molecular weight is 148 g/mol. The van der Waals surface area contributed by atoms with Crippen molar-refractivity contribution in [1.82, 2.24) is 0 Å². The van der Waals surface area contributed by atoms with E-state index in [1.807, 2.05) is 0 Å². The molecule has 0 saturated carbocycles. The Balaban J connectivity index is 3.15. The van der Waals surface area contributed by atoms with Gasteiger partial charge in [-0.25, -0.2) is 8.42 Å². The Hall–Kier alpha value is -0.840. The van der Waals surface area contributed by atoms with Crippen LogP contribution in [0.2, 0.25) is 0 Å². The van der Waals surface area contributed by atoms with Gasteiger partial charge in [0.05, 0.1) is 5.41 Å². The second-order valence-electron chi connectivity index (χ2n) is 1.73. The molecule has 0 unspecified atom stereocenters. The molecule has 0 radical (unpaired) electrons. The first-order chi connectivity index (χ1) is 4.01. The molecule has 9 heavy (non-hydrogen) atoms. The zero-order chi connectivity index (χ0) is 7.07. The molecule has 1 aliphatic heterocycles. The number of Topliss-reactive ketones (excluding diaryl/α,β-unsaturated/α-hetero) is 1. The van der Waals surface area contributed by atoms with E-state index in [-0.39, 0.29) is 0 Å². The van der Waals surface area contributed by atoms with Crippen LogP contribution >= 0.6 is 0 Å². The highest BCUT2D eigenvalue weighted by atomic mass is 32.2. The Labute approximate surface area is 51.7 Å². The molecule has 1 aliphatic rings. The Kier molecular flexibility index (Phi) is 1.10. The van der Waals surface area contributed by atoms with Gasteiger partial charge in [-0.05, 0) is 0 Å². The van der Waals surface area contributed by atoms with Crippen LogP contribution in [0, 0.1) is 0 Å². The smallest absolute Gasteiger partial charge is 0.213 e. The minimum Gasteiger partial charge on any atom is -0.504 e. The Bertz CT molecular complexity index is 271. The van der Waals surface area contributed by atoms with Crippen molar-refractivity contribution in [3.05, 3.63) is 11.2 Å². The Morgan fingerprint density at radius 1 is 1.56 bits per heavy atom. The molecule has 0 aliphatic carbocycles. The summed E-state index contributed by atoms with van der Waals surface area (Å²) in [6, 6.07) is 0. The highest BCUT2D eigenvalue weighted by Gasteiger charge is 2.26. The van der Waals surface area contributed by atoms with Gasteiger partial charge in [0.2, 0.25) is 5.78 Å². The van der Waals surface area contributed by atoms with Gasteiger partial charge in [-0.3, -0.25) is 4.79 Å². The number of sulfone groups is 1. The van der Waals surface area contributed by atoms with Gasteiger partial charge in [0, 0.05) is 0 Å². The van der Waals surface area contributed by atoms with Crippen LogP contribution in [-0.4, -0.2) is 25.1 Å². The van der Waals surface area contributed by atoms with Gasteiger partial charge in [-0.15, -0.1) is 0 Å². The first-order valence-corrected chi connectivity index (χ1v) is 3.89. The molecule has 0 aromatic heterocycles. The fraction of sp³-hybridized carbons (Fsp3) is 0.250. The summed E-state index contributed by atoms with van der Waals surface area (Å²) in [7, 11) is -3.41. The van der Waals surface area contributed by atoms with Gasteiger partial charge in [0.1, 0.15) is 5.75 Å². The lowest BCUT2D eigenvalue weighted by Crippen LogP contribution is -2.05. The van der Waals surface area contributed by atoms with Crippen LogP contribution in [0.25, 0.3) is 0 Å². The minimum absolute atomic E-state index is 0.579. The van der Waals surface area contributed by atoms with Crippen LogP contribution in [0.15, 0.2) is 11.2 Å². The van der Waals surface area contributed by atoms with E-state index >= 15 is 0 Å². The summed E-state index contributed by atoms with van der Waals surface area (Å²) >= 11 is 0. The van der Waals surface area contributed by atoms with Crippen LogP contribution < -0.4 is 0 Å². The Morgan fingerprint density at radius 2 is 2.11 bits per heavy atom. The van der Waals surface area contributed by atoms with Crippen molar-refractivity contribution in [2.75, 3.05) is 5.75 Å². The second kappa shape index (κ2) is 1.57. The lowest BCUT2D eigenvalue weighted by Gasteiger charge is -1.80. The summed E-state index contributed by atoms with van der Waals surface area (Å²) in [6.07, 6.45) is 0. The van der Waals surface area contributed by atoms with Gasteiger partial charge >= 0.3 is 0 Å². The van der Waals surface area contributed by atoms with Gasteiger partial charge < -0.3 is 5.11 Å². The molecule has 0 aromatic carbocycles. The quantitative estimate of drug-likeness (QED) is 0.497.